The molecule has 6 heteroatoms. The van der Waals surface area contributed by atoms with Gasteiger partial charge in [-0.3, -0.25) is 4.90 Å². The second kappa shape index (κ2) is 6.25. The first-order valence-corrected chi connectivity index (χ1v) is 7.36. The Balaban J connectivity index is 1.48. The van der Waals surface area contributed by atoms with Gasteiger partial charge >= 0.3 is 0 Å². The van der Waals surface area contributed by atoms with Gasteiger partial charge in [0.15, 0.2) is 17.4 Å². The van der Waals surface area contributed by atoms with Crippen LogP contribution in [0.1, 0.15) is 18.4 Å². The Kier molecular flexibility index (Phi) is 4.37. The van der Waals surface area contributed by atoms with Crippen molar-refractivity contribution in [3.63, 3.8) is 0 Å². The van der Waals surface area contributed by atoms with Crippen LogP contribution >= 0.6 is 0 Å². The van der Waals surface area contributed by atoms with Gasteiger partial charge in [-0.05, 0) is 37.1 Å². The number of hydrogen-bond donors (Lipinski definition) is 2. The van der Waals surface area contributed by atoms with E-state index in [1.54, 1.807) is 0 Å². The lowest BCUT2D eigenvalue weighted by atomic mass is 10.1. The number of phenols is 1. The van der Waals surface area contributed by atoms with E-state index >= 15 is 0 Å². The summed E-state index contributed by atoms with van der Waals surface area (Å²) >= 11 is 0. The zero-order valence-corrected chi connectivity index (χ0v) is 11.8. The fraction of sp³-hybridized carbons (Fsp3) is 0.600. The first-order chi connectivity index (χ1) is 10.1. The number of fused-ring (bicyclic) bond motifs is 1. The minimum atomic E-state index is -0.930. The number of nitrogens with one attached hydrogen (secondary N) is 1. The summed E-state index contributed by atoms with van der Waals surface area (Å²) < 4.78 is 32.2. The lowest BCUT2D eigenvalue weighted by Crippen LogP contribution is -2.49. The largest absolute Gasteiger partial charge is 0.503 e. The maximum Gasteiger partial charge on any atom is 0.187 e. The molecule has 1 aromatic rings. The van der Waals surface area contributed by atoms with E-state index in [-0.39, 0.29) is 6.10 Å². The van der Waals surface area contributed by atoms with Gasteiger partial charge in [0.05, 0.1) is 12.7 Å². The minimum absolute atomic E-state index is 0.117. The average Bonchev–Trinajstić information content (AvgIpc) is 2.92. The van der Waals surface area contributed by atoms with Gasteiger partial charge < -0.3 is 15.2 Å². The highest BCUT2D eigenvalue weighted by Gasteiger charge is 2.31. The third-order valence-electron chi connectivity index (χ3n) is 4.24. The molecule has 0 aliphatic carbocycles. The molecular weight excluding hydrogens is 278 g/mol. The lowest BCUT2D eigenvalue weighted by molar-refractivity contribution is -0.0470. The van der Waals surface area contributed by atoms with E-state index in [0.29, 0.717) is 24.7 Å². The number of phenolic OH excluding ortho intramolecular Hbond substituents is 1. The number of hydrogen-bond acceptors (Lipinski definition) is 4. The molecule has 21 heavy (non-hydrogen) atoms. The van der Waals surface area contributed by atoms with Crippen molar-refractivity contribution < 1.29 is 18.6 Å². The molecule has 2 aliphatic rings. The summed E-state index contributed by atoms with van der Waals surface area (Å²) in [6, 6.07) is 2.86. The number of ether oxygens (including phenoxy) is 1. The number of aromatic hydroxyl groups is 1. The second-order valence-electron chi connectivity index (χ2n) is 5.79. The van der Waals surface area contributed by atoms with Crippen LogP contribution in [0, 0.1) is 11.6 Å². The Morgan fingerprint density at radius 2 is 2.10 bits per heavy atom. The van der Waals surface area contributed by atoms with Crippen molar-refractivity contribution in [3.8, 4) is 5.75 Å². The average molecular weight is 298 g/mol. The van der Waals surface area contributed by atoms with Crippen LogP contribution in [0.2, 0.25) is 0 Å². The van der Waals surface area contributed by atoms with Crippen molar-refractivity contribution in [2.45, 2.75) is 31.5 Å². The summed E-state index contributed by atoms with van der Waals surface area (Å²) in [5.41, 5.74) is 0.470. The molecule has 0 spiro atoms. The molecule has 2 atom stereocenters. The van der Waals surface area contributed by atoms with Gasteiger partial charge in [0.2, 0.25) is 0 Å². The van der Waals surface area contributed by atoms with Crippen LogP contribution in [0.15, 0.2) is 12.1 Å². The van der Waals surface area contributed by atoms with Crippen LogP contribution in [0.25, 0.3) is 0 Å². The SMILES string of the molecule is Oc1c(F)cc(CNCC2CN3CCCC3CO2)cc1F. The van der Waals surface area contributed by atoms with Crippen molar-refractivity contribution >= 4 is 0 Å². The first kappa shape index (κ1) is 14.7. The van der Waals surface area contributed by atoms with E-state index in [9.17, 15) is 8.78 Å². The van der Waals surface area contributed by atoms with E-state index in [4.69, 9.17) is 9.84 Å². The standard InChI is InChI=1S/C15H20F2N2O2/c16-13-4-10(5-14(17)15(13)20)6-18-7-12-8-19-3-1-2-11(19)9-21-12/h4-5,11-12,18,20H,1-3,6-9H2. The number of morpholine rings is 1. The molecule has 0 amide bonds. The lowest BCUT2D eigenvalue weighted by Gasteiger charge is -2.35. The zero-order valence-electron chi connectivity index (χ0n) is 11.8. The number of halogens is 2. The summed E-state index contributed by atoms with van der Waals surface area (Å²) in [5.74, 6) is -2.78. The Hall–Kier alpha value is -1.24. The molecule has 1 aromatic carbocycles. The van der Waals surface area contributed by atoms with Gasteiger partial charge in [-0.25, -0.2) is 8.78 Å². The second-order valence-corrected chi connectivity index (χ2v) is 5.79. The molecule has 0 saturated carbocycles. The van der Waals surface area contributed by atoms with Gasteiger partial charge in [0.1, 0.15) is 0 Å². The molecule has 0 bridgehead atoms. The third-order valence-corrected chi connectivity index (χ3v) is 4.24. The van der Waals surface area contributed by atoms with Crippen LogP contribution in [-0.4, -0.2) is 48.4 Å². The van der Waals surface area contributed by atoms with Crippen LogP contribution < -0.4 is 5.32 Å². The third kappa shape index (κ3) is 3.33. The van der Waals surface area contributed by atoms with E-state index in [2.05, 4.69) is 10.2 Å². The zero-order chi connectivity index (χ0) is 14.8. The quantitative estimate of drug-likeness (QED) is 0.887. The number of benzene rings is 1. The van der Waals surface area contributed by atoms with Crippen molar-refractivity contribution in [2.24, 2.45) is 0 Å². The summed E-state index contributed by atoms with van der Waals surface area (Å²) in [6.07, 6.45) is 2.57. The smallest absolute Gasteiger partial charge is 0.187 e. The molecule has 2 heterocycles. The molecule has 2 unspecified atom stereocenters. The van der Waals surface area contributed by atoms with E-state index < -0.39 is 17.4 Å². The molecule has 0 aromatic heterocycles. The van der Waals surface area contributed by atoms with Gasteiger partial charge in [0, 0.05) is 25.7 Å². The first-order valence-electron chi connectivity index (χ1n) is 7.36. The molecule has 2 fully saturated rings. The maximum absolute atomic E-state index is 13.2. The van der Waals surface area contributed by atoms with E-state index in [0.717, 1.165) is 31.8 Å². The summed E-state index contributed by atoms with van der Waals surface area (Å²) in [4.78, 5) is 2.45. The number of nitrogens with zero attached hydrogens (tertiary/aromatic N) is 1. The van der Waals surface area contributed by atoms with Crippen LogP contribution in [-0.2, 0) is 11.3 Å². The molecule has 0 radical (unpaired) electrons. The monoisotopic (exact) mass is 298 g/mol. The van der Waals surface area contributed by atoms with Gasteiger partial charge in [-0.15, -0.1) is 0 Å². The molecule has 4 nitrogen and oxygen atoms in total. The highest BCUT2D eigenvalue weighted by atomic mass is 19.1. The Morgan fingerprint density at radius 1 is 1.33 bits per heavy atom. The van der Waals surface area contributed by atoms with Crippen LogP contribution in [0.4, 0.5) is 8.78 Å². The Morgan fingerprint density at radius 3 is 2.86 bits per heavy atom. The summed E-state index contributed by atoms with van der Waals surface area (Å²) in [6.45, 7) is 3.81. The molecule has 2 N–H and O–H groups in total. The molecule has 2 aliphatic heterocycles. The van der Waals surface area contributed by atoms with Crippen LogP contribution in [0.3, 0.4) is 0 Å². The molecule has 3 rings (SSSR count). The fourth-order valence-electron chi connectivity index (χ4n) is 3.11. The highest BCUT2D eigenvalue weighted by molar-refractivity contribution is 5.29. The Bertz CT molecular complexity index is 489. The molecule has 2 saturated heterocycles. The summed E-state index contributed by atoms with van der Waals surface area (Å²) in [7, 11) is 0. The topological polar surface area (TPSA) is 44.7 Å². The predicted octanol–water partition coefficient (Wildman–Crippen LogP) is 1.62. The van der Waals surface area contributed by atoms with Gasteiger partial charge in [-0.2, -0.15) is 0 Å². The van der Waals surface area contributed by atoms with Gasteiger partial charge in [-0.1, -0.05) is 0 Å². The van der Waals surface area contributed by atoms with Crippen molar-refractivity contribution in [3.05, 3.63) is 29.3 Å². The normalized spacial score (nSPS) is 26.0. The molecular formula is C15H20F2N2O2. The van der Waals surface area contributed by atoms with Gasteiger partial charge in [0.25, 0.3) is 0 Å². The van der Waals surface area contributed by atoms with E-state index in [1.165, 1.54) is 12.8 Å². The van der Waals surface area contributed by atoms with Crippen molar-refractivity contribution in [1.82, 2.24) is 10.2 Å². The summed E-state index contributed by atoms with van der Waals surface area (Å²) in [5, 5.41) is 12.2. The Labute approximate surface area is 122 Å². The van der Waals surface area contributed by atoms with Crippen molar-refractivity contribution in [1.29, 1.82) is 0 Å². The number of rotatable bonds is 4. The fourth-order valence-corrected chi connectivity index (χ4v) is 3.11. The minimum Gasteiger partial charge on any atom is -0.503 e. The van der Waals surface area contributed by atoms with Crippen LogP contribution in [0.5, 0.6) is 5.75 Å². The van der Waals surface area contributed by atoms with Crippen molar-refractivity contribution in [2.75, 3.05) is 26.2 Å². The highest BCUT2D eigenvalue weighted by Crippen LogP contribution is 2.23. The van der Waals surface area contributed by atoms with E-state index in [1.807, 2.05) is 0 Å². The molecule has 116 valence electrons. The predicted molar refractivity (Wildman–Crippen MR) is 74.1 cm³/mol. The maximum atomic E-state index is 13.2.